The monoisotopic (exact) mass is 352 g/mol. The summed E-state index contributed by atoms with van der Waals surface area (Å²) in [7, 11) is 3.84. The first-order valence-electron chi connectivity index (χ1n) is 9.49. The van der Waals surface area contributed by atoms with Gasteiger partial charge in [-0.1, -0.05) is 18.2 Å². The normalized spacial score (nSPS) is 19.0. The Morgan fingerprint density at radius 3 is 2.54 bits per heavy atom. The number of anilines is 1. The van der Waals surface area contributed by atoms with Crippen molar-refractivity contribution in [3.8, 4) is 16.9 Å². The first-order valence-corrected chi connectivity index (χ1v) is 9.49. The summed E-state index contributed by atoms with van der Waals surface area (Å²) in [6.07, 6.45) is 4.49. The first kappa shape index (κ1) is 17.4. The average molecular weight is 352 g/mol. The van der Waals surface area contributed by atoms with Crippen molar-refractivity contribution in [2.75, 3.05) is 32.7 Å². The Bertz CT molecular complexity index is 795. The van der Waals surface area contributed by atoms with Crippen LogP contribution < -0.4 is 10.2 Å². The second-order valence-corrected chi connectivity index (χ2v) is 7.75. The van der Waals surface area contributed by atoms with Gasteiger partial charge in [0.05, 0.1) is 12.8 Å². The Morgan fingerprint density at radius 1 is 1.04 bits per heavy atom. The molecule has 0 aliphatic carbocycles. The standard InChI is InChI=1S/C22H28N2O2/c1-16-4-5-18(15-20(16)23-25-3)17-6-7-21-19(14-17)8-9-22(26-21)10-12-24(2)13-11-22/h4-7,14-15,23H,8-13H2,1-3H3. The van der Waals surface area contributed by atoms with Crippen LogP contribution in [0.15, 0.2) is 36.4 Å². The maximum atomic E-state index is 6.52. The minimum absolute atomic E-state index is 0.0560. The second-order valence-electron chi connectivity index (χ2n) is 7.75. The quantitative estimate of drug-likeness (QED) is 0.829. The second kappa shape index (κ2) is 6.93. The van der Waals surface area contributed by atoms with E-state index in [1.807, 2.05) is 0 Å². The summed E-state index contributed by atoms with van der Waals surface area (Å²) < 4.78 is 6.52. The summed E-state index contributed by atoms with van der Waals surface area (Å²) in [4.78, 5) is 7.49. The van der Waals surface area contributed by atoms with E-state index in [0.717, 1.165) is 50.2 Å². The maximum Gasteiger partial charge on any atom is 0.123 e. The van der Waals surface area contributed by atoms with Gasteiger partial charge in [0.2, 0.25) is 0 Å². The summed E-state index contributed by atoms with van der Waals surface area (Å²) in [6.45, 7) is 4.34. The van der Waals surface area contributed by atoms with Gasteiger partial charge in [-0.3, -0.25) is 10.3 Å². The Kier molecular flexibility index (Phi) is 4.63. The van der Waals surface area contributed by atoms with E-state index in [1.165, 1.54) is 22.3 Å². The van der Waals surface area contributed by atoms with E-state index in [0.29, 0.717) is 0 Å². The molecule has 138 valence electrons. The minimum Gasteiger partial charge on any atom is -0.487 e. The molecule has 0 saturated carbocycles. The molecule has 4 rings (SSSR count). The first-order chi connectivity index (χ1) is 12.6. The topological polar surface area (TPSA) is 33.7 Å². The summed E-state index contributed by atoms with van der Waals surface area (Å²) in [5.74, 6) is 1.08. The molecule has 0 bridgehead atoms. The van der Waals surface area contributed by atoms with Crippen LogP contribution in [0.1, 0.15) is 30.4 Å². The lowest BCUT2D eigenvalue weighted by Crippen LogP contribution is -2.48. The number of benzene rings is 2. The lowest BCUT2D eigenvalue weighted by Gasteiger charge is -2.44. The van der Waals surface area contributed by atoms with E-state index < -0.39 is 0 Å². The number of nitrogens with zero attached hydrogens (tertiary/aromatic N) is 1. The van der Waals surface area contributed by atoms with Crippen LogP contribution in [0, 0.1) is 6.92 Å². The highest BCUT2D eigenvalue weighted by Gasteiger charge is 2.38. The number of aryl methyl sites for hydroxylation is 2. The molecule has 0 atom stereocenters. The fraction of sp³-hybridized carbons (Fsp3) is 0.455. The van der Waals surface area contributed by atoms with Gasteiger partial charge in [0.15, 0.2) is 0 Å². The molecule has 2 aliphatic heterocycles. The van der Waals surface area contributed by atoms with Gasteiger partial charge in [-0.2, -0.15) is 0 Å². The van der Waals surface area contributed by atoms with Crippen molar-refractivity contribution in [2.24, 2.45) is 0 Å². The van der Waals surface area contributed by atoms with Crippen LogP contribution in [0.3, 0.4) is 0 Å². The van der Waals surface area contributed by atoms with Crippen molar-refractivity contribution in [3.05, 3.63) is 47.5 Å². The third-order valence-corrected chi connectivity index (χ3v) is 5.92. The van der Waals surface area contributed by atoms with Gasteiger partial charge < -0.3 is 9.64 Å². The van der Waals surface area contributed by atoms with E-state index in [9.17, 15) is 0 Å². The van der Waals surface area contributed by atoms with Gasteiger partial charge >= 0.3 is 0 Å². The summed E-state index contributed by atoms with van der Waals surface area (Å²) >= 11 is 0. The molecule has 0 amide bonds. The summed E-state index contributed by atoms with van der Waals surface area (Å²) in [5, 5.41) is 0. The fourth-order valence-electron chi connectivity index (χ4n) is 4.10. The zero-order valence-electron chi connectivity index (χ0n) is 16.0. The Labute approximate surface area is 156 Å². The van der Waals surface area contributed by atoms with Crippen LogP contribution in [-0.2, 0) is 11.3 Å². The third kappa shape index (κ3) is 3.31. The van der Waals surface area contributed by atoms with Crippen LogP contribution in [0.5, 0.6) is 5.75 Å². The number of nitrogens with one attached hydrogen (secondary N) is 1. The largest absolute Gasteiger partial charge is 0.487 e. The van der Waals surface area contributed by atoms with Crippen molar-refractivity contribution < 1.29 is 9.57 Å². The average Bonchev–Trinajstić information content (AvgIpc) is 2.66. The van der Waals surface area contributed by atoms with Crippen LogP contribution in [0.4, 0.5) is 5.69 Å². The number of hydrogen-bond acceptors (Lipinski definition) is 4. The number of piperidine rings is 1. The molecule has 1 spiro atoms. The number of hydrogen-bond donors (Lipinski definition) is 1. The highest BCUT2D eigenvalue weighted by molar-refractivity contribution is 5.71. The molecule has 4 nitrogen and oxygen atoms in total. The predicted octanol–water partition coefficient (Wildman–Crippen LogP) is 4.42. The van der Waals surface area contributed by atoms with Crippen molar-refractivity contribution in [1.29, 1.82) is 0 Å². The van der Waals surface area contributed by atoms with Crippen molar-refractivity contribution in [3.63, 3.8) is 0 Å². The predicted molar refractivity (Wildman–Crippen MR) is 106 cm³/mol. The molecule has 0 radical (unpaired) electrons. The molecule has 2 aromatic carbocycles. The van der Waals surface area contributed by atoms with Crippen LogP contribution in [0.25, 0.3) is 11.1 Å². The minimum atomic E-state index is 0.0560. The molecule has 0 unspecified atom stereocenters. The maximum absolute atomic E-state index is 6.52. The van der Waals surface area contributed by atoms with Gasteiger partial charge in [-0.25, -0.2) is 0 Å². The molecule has 4 heteroatoms. The SMILES string of the molecule is CONc1cc(-c2ccc3c(c2)CCC2(CCN(C)CC2)O3)ccc1C. The van der Waals surface area contributed by atoms with E-state index in [2.05, 4.69) is 60.7 Å². The van der Waals surface area contributed by atoms with E-state index in [-0.39, 0.29) is 5.60 Å². The number of likely N-dealkylation sites (tertiary alicyclic amines) is 1. The Morgan fingerprint density at radius 2 is 1.77 bits per heavy atom. The van der Waals surface area contributed by atoms with Gasteiger partial charge in [-0.15, -0.1) is 0 Å². The zero-order valence-corrected chi connectivity index (χ0v) is 16.0. The van der Waals surface area contributed by atoms with Gasteiger partial charge in [0, 0.05) is 13.1 Å². The van der Waals surface area contributed by atoms with E-state index >= 15 is 0 Å². The molecule has 2 heterocycles. The Hall–Kier alpha value is -2.04. The van der Waals surface area contributed by atoms with Crippen LogP contribution >= 0.6 is 0 Å². The molecule has 1 saturated heterocycles. The summed E-state index contributed by atoms with van der Waals surface area (Å²) in [6, 6.07) is 13.1. The van der Waals surface area contributed by atoms with Gasteiger partial charge in [-0.05, 0) is 80.1 Å². The smallest absolute Gasteiger partial charge is 0.123 e. The molecule has 26 heavy (non-hydrogen) atoms. The van der Waals surface area contributed by atoms with Gasteiger partial charge in [0.25, 0.3) is 0 Å². The highest BCUT2D eigenvalue weighted by atomic mass is 16.6. The molecule has 0 aromatic heterocycles. The molecular formula is C22H28N2O2. The fourth-order valence-corrected chi connectivity index (χ4v) is 4.10. The number of rotatable bonds is 3. The van der Waals surface area contributed by atoms with Crippen molar-refractivity contribution in [1.82, 2.24) is 4.90 Å². The van der Waals surface area contributed by atoms with Gasteiger partial charge in [0.1, 0.15) is 11.4 Å². The van der Waals surface area contributed by atoms with E-state index in [1.54, 1.807) is 7.11 Å². The number of fused-ring (bicyclic) bond motifs is 1. The van der Waals surface area contributed by atoms with Crippen molar-refractivity contribution in [2.45, 2.75) is 38.2 Å². The third-order valence-electron chi connectivity index (χ3n) is 5.92. The zero-order chi connectivity index (χ0) is 18.1. The lowest BCUT2D eigenvalue weighted by molar-refractivity contribution is -0.00873. The number of ether oxygens (including phenoxy) is 1. The highest BCUT2D eigenvalue weighted by Crippen LogP contribution is 2.40. The van der Waals surface area contributed by atoms with Crippen LogP contribution in [-0.4, -0.2) is 37.7 Å². The lowest BCUT2D eigenvalue weighted by atomic mass is 9.83. The molecule has 1 fully saturated rings. The molecule has 2 aromatic rings. The Balaban J connectivity index is 1.58. The molecule has 1 N–H and O–H groups in total. The molecule has 2 aliphatic rings. The summed E-state index contributed by atoms with van der Waals surface area (Å²) in [5.41, 5.74) is 8.94. The van der Waals surface area contributed by atoms with Crippen LogP contribution in [0.2, 0.25) is 0 Å². The van der Waals surface area contributed by atoms with Crippen molar-refractivity contribution >= 4 is 5.69 Å². The molecular weight excluding hydrogens is 324 g/mol. The van der Waals surface area contributed by atoms with E-state index in [4.69, 9.17) is 9.57 Å².